The van der Waals surface area contributed by atoms with Gasteiger partial charge in [0.15, 0.2) is 5.75 Å². The average molecular weight is 376 g/mol. The van der Waals surface area contributed by atoms with Gasteiger partial charge in [0.1, 0.15) is 17.3 Å². The van der Waals surface area contributed by atoms with Crippen LogP contribution in [0.4, 0.5) is 11.5 Å². The summed E-state index contributed by atoms with van der Waals surface area (Å²) in [6.07, 6.45) is 3.93. The van der Waals surface area contributed by atoms with Crippen molar-refractivity contribution in [2.24, 2.45) is 5.92 Å². The number of benzene rings is 2. The third kappa shape index (κ3) is 5.54. The fourth-order valence-electron chi connectivity index (χ4n) is 2.49. The fourth-order valence-corrected chi connectivity index (χ4v) is 2.49. The van der Waals surface area contributed by atoms with Crippen LogP contribution in [0.2, 0.25) is 0 Å². The average Bonchev–Trinajstić information content (AvgIpc) is 2.70. The van der Waals surface area contributed by atoms with Crippen LogP contribution < -0.4 is 15.4 Å². The summed E-state index contributed by atoms with van der Waals surface area (Å²) in [4.78, 5) is 20.6. The Labute approximate surface area is 165 Å². The van der Waals surface area contributed by atoms with E-state index >= 15 is 0 Å². The number of carbonyl (C=O) groups excluding carboxylic acids is 1. The molecular weight excluding hydrogens is 352 g/mol. The number of para-hydroxylation sites is 3. The Balaban J connectivity index is 1.65. The number of rotatable bonds is 8. The van der Waals surface area contributed by atoms with Gasteiger partial charge in [0.2, 0.25) is 0 Å². The van der Waals surface area contributed by atoms with Crippen molar-refractivity contribution in [3.8, 4) is 11.5 Å². The first-order valence-electron chi connectivity index (χ1n) is 9.31. The lowest BCUT2D eigenvalue weighted by atomic mass is 10.1. The van der Waals surface area contributed by atoms with E-state index in [0.717, 1.165) is 17.9 Å². The molecule has 0 atom stereocenters. The van der Waals surface area contributed by atoms with Gasteiger partial charge in [-0.2, -0.15) is 0 Å². The largest absolute Gasteiger partial charge is 0.455 e. The van der Waals surface area contributed by atoms with Gasteiger partial charge in [0.25, 0.3) is 5.91 Å². The van der Waals surface area contributed by atoms with Crippen molar-refractivity contribution in [2.75, 3.05) is 11.9 Å². The van der Waals surface area contributed by atoms with E-state index in [1.165, 1.54) is 12.4 Å². The number of nitrogens with one attached hydrogen (secondary N) is 2. The van der Waals surface area contributed by atoms with Crippen LogP contribution in [0.1, 0.15) is 30.8 Å². The van der Waals surface area contributed by atoms with Gasteiger partial charge in [-0.3, -0.25) is 4.79 Å². The topological polar surface area (TPSA) is 76.1 Å². The maximum atomic E-state index is 12.1. The summed E-state index contributed by atoms with van der Waals surface area (Å²) in [5, 5.41) is 6.04. The van der Waals surface area contributed by atoms with Crippen LogP contribution in [-0.2, 0) is 0 Å². The van der Waals surface area contributed by atoms with Crippen LogP contribution in [-0.4, -0.2) is 22.4 Å². The minimum Gasteiger partial charge on any atom is -0.455 e. The highest BCUT2D eigenvalue weighted by Crippen LogP contribution is 2.30. The van der Waals surface area contributed by atoms with Crippen molar-refractivity contribution < 1.29 is 9.53 Å². The summed E-state index contributed by atoms with van der Waals surface area (Å²) in [5.74, 6) is 2.27. The molecule has 0 aliphatic rings. The smallest absolute Gasteiger partial charge is 0.271 e. The standard InChI is InChI=1S/C22H24N4O2/c1-16(2)12-13-23-22(27)19-14-25-21(15-24-19)26-18-10-6-7-11-20(18)28-17-8-4-3-5-9-17/h3-11,14-16H,12-13H2,1-2H3,(H,23,27)(H,25,26). The van der Waals surface area contributed by atoms with E-state index in [0.29, 0.717) is 29.7 Å². The van der Waals surface area contributed by atoms with Crippen LogP contribution >= 0.6 is 0 Å². The molecule has 0 bridgehead atoms. The lowest BCUT2D eigenvalue weighted by Crippen LogP contribution is -2.26. The number of carbonyl (C=O) groups is 1. The quantitative estimate of drug-likeness (QED) is 0.591. The molecule has 28 heavy (non-hydrogen) atoms. The third-order valence-electron chi connectivity index (χ3n) is 4.01. The predicted octanol–water partition coefficient (Wildman–Crippen LogP) is 4.79. The number of nitrogens with zero attached hydrogens (tertiary/aromatic N) is 2. The number of ether oxygens (including phenoxy) is 1. The van der Waals surface area contributed by atoms with Crippen molar-refractivity contribution in [1.29, 1.82) is 0 Å². The van der Waals surface area contributed by atoms with E-state index in [1.807, 2.05) is 54.6 Å². The minimum absolute atomic E-state index is 0.215. The van der Waals surface area contributed by atoms with E-state index in [9.17, 15) is 4.79 Å². The Kier molecular flexibility index (Phi) is 6.57. The Morgan fingerprint density at radius 1 is 1.00 bits per heavy atom. The molecule has 6 nitrogen and oxygen atoms in total. The molecule has 0 aliphatic heterocycles. The normalized spacial score (nSPS) is 10.5. The third-order valence-corrected chi connectivity index (χ3v) is 4.01. The summed E-state index contributed by atoms with van der Waals surface area (Å²) in [5.41, 5.74) is 1.05. The molecule has 2 N–H and O–H groups in total. The molecule has 1 aromatic heterocycles. The predicted molar refractivity (Wildman–Crippen MR) is 110 cm³/mol. The Morgan fingerprint density at radius 2 is 1.75 bits per heavy atom. The maximum absolute atomic E-state index is 12.1. The zero-order chi connectivity index (χ0) is 19.8. The summed E-state index contributed by atoms with van der Waals surface area (Å²) < 4.78 is 5.93. The van der Waals surface area contributed by atoms with Gasteiger partial charge in [-0.05, 0) is 36.6 Å². The fraction of sp³-hybridized carbons (Fsp3) is 0.227. The molecule has 0 aliphatic carbocycles. The van der Waals surface area contributed by atoms with Crippen LogP contribution in [0.3, 0.4) is 0 Å². The van der Waals surface area contributed by atoms with Crippen molar-refractivity contribution in [2.45, 2.75) is 20.3 Å². The molecule has 3 aromatic rings. The van der Waals surface area contributed by atoms with Crippen LogP contribution in [0.25, 0.3) is 0 Å². The van der Waals surface area contributed by atoms with Gasteiger partial charge in [-0.25, -0.2) is 9.97 Å². The van der Waals surface area contributed by atoms with E-state index < -0.39 is 0 Å². The number of hydrogen-bond donors (Lipinski definition) is 2. The van der Waals surface area contributed by atoms with E-state index in [2.05, 4.69) is 34.4 Å². The first kappa shape index (κ1) is 19.4. The van der Waals surface area contributed by atoms with E-state index in [-0.39, 0.29) is 5.91 Å². The zero-order valence-electron chi connectivity index (χ0n) is 16.1. The molecule has 144 valence electrons. The van der Waals surface area contributed by atoms with Gasteiger partial charge in [0, 0.05) is 6.54 Å². The maximum Gasteiger partial charge on any atom is 0.271 e. The van der Waals surface area contributed by atoms with E-state index in [1.54, 1.807) is 0 Å². The summed E-state index contributed by atoms with van der Waals surface area (Å²) >= 11 is 0. The molecular formula is C22H24N4O2. The van der Waals surface area contributed by atoms with Crippen molar-refractivity contribution in [3.63, 3.8) is 0 Å². The zero-order valence-corrected chi connectivity index (χ0v) is 16.1. The summed E-state index contributed by atoms with van der Waals surface area (Å²) in [7, 11) is 0. The first-order valence-corrected chi connectivity index (χ1v) is 9.31. The Morgan fingerprint density at radius 3 is 2.46 bits per heavy atom. The molecule has 0 fully saturated rings. The van der Waals surface area contributed by atoms with Gasteiger partial charge in [-0.15, -0.1) is 0 Å². The molecule has 6 heteroatoms. The molecule has 2 aromatic carbocycles. The molecule has 0 saturated carbocycles. The Bertz CT molecular complexity index is 896. The van der Waals surface area contributed by atoms with Crippen LogP contribution in [0.15, 0.2) is 67.0 Å². The second kappa shape index (κ2) is 9.50. The molecule has 0 unspecified atom stereocenters. The molecule has 0 radical (unpaired) electrons. The SMILES string of the molecule is CC(C)CCNC(=O)c1cnc(Nc2ccccc2Oc2ccccc2)cn1. The lowest BCUT2D eigenvalue weighted by Gasteiger charge is -2.12. The second-order valence-electron chi connectivity index (χ2n) is 6.76. The summed E-state index contributed by atoms with van der Waals surface area (Å²) in [6.45, 7) is 4.86. The van der Waals surface area contributed by atoms with Gasteiger partial charge >= 0.3 is 0 Å². The van der Waals surface area contributed by atoms with Gasteiger partial charge < -0.3 is 15.4 Å². The molecule has 1 heterocycles. The molecule has 0 spiro atoms. The second-order valence-corrected chi connectivity index (χ2v) is 6.76. The van der Waals surface area contributed by atoms with Crippen molar-refractivity contribution >= 4 is 17.4 Å². The minimum atomic E-state index is -0.215. The van der Waals surface area contributed by atoms with Gasteiger partial charge in [0.05, 0.1) is 18.1 Å². The monoisotopic (exact) mass is 376 g/mol. The number of amides is 1. The highest BCUT2D eigenvalue weighted by molar-refractivity contribution is 5.92. The highest BCUT2D eigenvalue weighted by atomic mass is 16.5. The molecule has 3 rings (SSSR count). The van der Waals surface area contributed by atoms with E-state index in [4.69, 9.17) is 4.74 Å². The van der Waals surface area contributed by atoms with Gasteiger partial charge in [-0.1, -0.05) is 44.2 Å². The van der Waals surface area contributed by atoms with Crippen molar-refractivity contribution in [1.82, 2.24) is 15.3 Å². The lowest BCUT2D eigenvalue weighted by molar-refractivity contribution is 0.0946. The molecule has 0 saturated heterocycles. The Hall–Kier alpha value is -3.41. The first-order chi connectivity index (χ1) is 13.6. The summed E-state index contributed by atoms with van der Waals surface area (Å²) in [6, 6.07) is 17.1. The number of anilines is 2. The van der Waals surface area contributed by atoms with Crippen LogP contribution in [0.5, 0.6) is 11.5 Å². The number of aromatic nitrogens is 2. The highest BCUT2D eigenvalue weighted by Gasteiger charge is 2.09. The molecule has 1 amide bonds. The van der Waals surface area contributed by atoms with Crippen molar-refractivity contribution in [3.05, 3.63) is 72.7 Å². The van der Waals surface area contributed by atoms with Crippen LogP contribution in [0, 0.1) is 5.92 Å². The number of hydrogen-bond acceptors (Lipinski definition) is 5.